The summed E-state index contributed by atoms with van der Waals surface area (Å²) in [7, 11) is 0.347. The number of aliphatic hydroxyl groups is 1. The number of methoxy groups -OCH3 is 1. The average Bonchev–Trinajstić information content (AvgIpc) is 2.47. The van der Waals surface area contributed by atoms with Gasteiger partial charge in [0.25, 0.3) is 0 Å². The second-order valence-electron chi connectivity index (χ2n) is 5.31. The van der Waals surface area contributed by atoms with E-state index in [1.54, 1.807) is 38.3 Å². The van der Waals surface area contributed by atoms with E-state index in [1.807, 2.05) is 31.2 Å². The largest absolute Gasteiger partial charge is 0.497 e. The van der Waals surface area contributed by atoms with Crippen LogP contribution in [-0.2, 0) is 16.4 Å². The Morgan fingerprint density at radius 2 is 1.67 bits per heavy atom. The fourth-order valence-electron chi connectivity index (χ4n) is 2.06. The molecule has 0 aliphatic heterocycles. The molecular formula is C17H20O3S. The van der Waals surface area contributed by atoms with Crippen molar-refractivity contribution in [2.45, 2.75) is 24.3 Å². The molecule has 0 bridgehead atoms. The molecule has 0 aromatic heterocycles. The predicted octanol–water partition coefficient (Wildman–Crippen LogP) is 3.02. The summed E-state index contributed by atoms with van der Waals surface area (Å²) in [6, 6.07) is 14.7. The molecule has 0 saturated carbocycles. The fourth-order valence-corrected chi connectivity index (χ4v) is 3.35. The third-order valence-corrected chi connectivity index (χ3v) is 5.03. The lowest BCUT2D eigenvalue weighted by atomic mass is 9.98. The van der Waals surface area contributed by atoms with Crippen LogP contribution in [0.25, 0.3) is 0 Å². The molecular weight excluding hydrogens is 284 g/mol. The highest BCUT2D eigenvalue weighted by atomic mass is 32.2. The van der Waals surface area contributed by atoms with Crippen LogP contribution in [0.4, 0.5) is 0 Å². The van der Waals surface area contributed by atoms with Crippen molar-refractivity contribution in [3.8, 4) is 5.75 Å². The van der Waals surface area contributed by atoms with Crippen LogP contribution < -0.4 is 4.74 Å². The Bertz CT molecular complexity index is 615. The van der Waals surface area contributed by atoms with Gasteiger partial charge in [0.2, 0.25) is 0 Å². The first kappa shape index (κ1) is 15.7. The number of hydrogen-bond acceptors (Lipinski definition) is 3. The minimum absolute atomic E-state index is 0.155. The number of rotatable bonds is 5. The van der Waals surface area contributed by atoms with Crippen LogP contribution in [0.1, 0.15) is 18.1 Å². The van der Waals surface area contributed by atoms with Gasteiger partial charge in [-0.1, -0.05) is 29.8 Å². The van der Waals surface area contributed by atoms with Gasteiger partial charge in [-0.15, -0.1) is 0 Å². The molecule has 2 rings (SSSR count). The van der Waals surface area contributed by atoms with E-state index in [0.29, 0.717) is 0 Å². The Morgan fingerprint density at radius 1 is 1.10 bits per heavy atom. The topological polar surface area (TPSA) is 46.5 Å². The van der Waals surface area contributed by atoms with Crippen molar-refractivity contribution in [2.75, 3.05) is 12.9 Å². The molecule has 0 heterocycles. The summed E-state index contributed by atoms with van der Waals surface area (Å²) in [6.45, 7) is 3.67. The van der Waals surface area contributed by atoms with Crippen LogP contribution in [0.3, 0.4) is 0 Å². The first-order valence-electron chi connectivity index (χ1n) is 6.74. The number of aryl methyl sites for hydroxylation is 1. The summed E-state index contributed by atoms with van der Waals surface area (Å²) in [5, 5.41) is 10.6. The maximum Gasteiger partial charge on any atom is 0.118 e. The number of hydrogen-bond donors (Lipinski definition) is 1. The second kappa shape index (κ2) is 6.41. The van der Waals surface area contributed by atoms with Gasteiger partial charge in [-0.3, -0.25) is 4.21 Å². The van der Waals surface area contributed by atoms with Gasteiger partial charge >= 0.3 is 0 Å². The molecule has 0 radical (unpaired) electrons. The Morgan fingerprint density at radius 3 is 2.19 bits per heavy atom. The maximum atomic E-state index is 12.4. The van der Waals surface area contributed by atoms with E-state index < -0.39 is 16.4 Å². The van der Waals surface area contributed by atoms with Crippen molar-refractivity contribution < 1.29 is 14.1 Å². The van der Waals surface area contributed by atoms with Crippen LogP contribution in [0.15, 0.2) is 53.4 Å². The molecule has 1 unspecified atom stereocenters. The molecule has 3 nitrogen and oxygen atoms in total. The normalized spacial score (nSPS) is 15.2. The highest BCUT2D eigenvalue weighted by Gasteiger charge is 2.26. The van der Waals surface area contributed by atoms with Crippen molar-refractivity contribution in [1.82, 2.24) is 0 Å². The number of benzene rings is 2. The van der Waals surface area contributed by atoms with E-state index in [9.17, 15) is 9.32 Å². The molecule has 112 valence electrons. The second-order valence-corrected chi connectivity index (χ2v) is 6.76. The van der Waals surface area contributed by atoms with Crippen molar-refractivity contribution in [3.05, 3.63) is 59.7 Å². The molecule has 0 spiro atoms. The van der Waals surface area contributed by atoms with E-state index in [1.165, 1.54) is 0 Å². The van der Waals surface area contributed by atoms with E-state index in [4.69, 9.17) is 4.74 Å². The van der Waals surface area contributed by atoms with Crippen LogP contribution in [0.2, 0.25) is 0 Å². The van der Waals surface area contributed by atoms with E-state index in [-0.39, 0.29) is 5.75 Å². The molecule has 0 aliphatic carbocycles. The summed E-state index contributed by atoms with van der Waals surface area (Å²) in [5.74, 6) is 0.886. The first-order chi connectivity index (χ1) is 9.92. The van der Waals surface area contributed by atoms with Gasteiger partial charge in [0.1, 0.15) is 5.75 Å². The van der Waals surface area contributed by atoms with Crippen molar-refractivity contribution in [2.24, 2.45) is 0 Å². The van der Waals surface area contributed by atoms with Crippen LogP contribution in [-0.4, -0.2) is 22.2 Å². The van der Waals surface area contributed by atoms with Gasteiger partial charge in [0, 0.05) is 4.90 Å². The standard InChI is InChI=1S/C17H20O3S/c1-13-4-10-16(11-5-13)21(19)12-17(2,18)14-6-8-15(20-3)9-7-14/h4-11,18H,12H2,1-3H3/t17-,21?/m0/s1. The minimum Gasteiger partial charge on any atom is -0.497 e. The van der Waals surface area contributed by atoms with Gasteiger partial charge in [-0.25, -0.2) is 0 Å². The number of ether oxygens (including phenoxy) is 1. The first-order valence-corrected chi connectivity index (χ1v) is 8.06. The van der Waals surface area contributed by atoms with Gasteiger partial charge < -0.3 is 9.84 Å². The zero-order valence-electron chi connectivity index (χ0n) is 12.5. The smallest absolute Gasteiger partial charge is 0.118 e. The Kier molecular flexibility index (Phi) is 4.80. The Balaban J connectivity index is 2.15. The van der Waals surface area contributed by atoms with E-state index in [2.05, 4.69) is 0 Å². The molecule has 2 aromatic carbocycles. The van der Waals surface area contributed by atoms with Crippen molar-refractivity contribution in [3.63, 3.8) is 0 Å². The molecule has 0 fully saturated rings. The molecule has 4 heteroatoms. The quantitative estimate of drug-likeness (QED) is 0.923. The summed E-state index contributed by atoms with van der Waals surface area (Å²) < 4.78 is 17.5. The molecule has 0 saturated heterocycles. The molecule has 2 atom stereocenters. The molecule has 1 N–H and O–H groups in total. The summed E-state index contributed by atoms with van der Waals surface area (Å²) in [4.78, 5) is 0.731. The monoisotopic (exact) mass is 304 g/mol. The Labute approximate surface area is 128 Å². The summed E-state index contributed by atoms with van der Waals surface area (Å²) >= 11 is 0. The summed E-state index contributed by atoms with van der Waals surface area (Å²) in [5.41, 5.74) is 0.698. The minimum atomic E-state index is -1.25. The zero-order valence-corrected chi connectivity index (χ0v) is 13.3. The third kappa shape index (κ3) is 3.93. The highest BCUT2D eigenvalue weighted by molar-refractivity contribution is 7.85. The fraction of sp³-hybridized carbons (Fsp3) is 0.294. The zero-order chi connectivity index (χ0) is 15.5. The van der Waals surface area contributed by atoms with Gasteiger partial charge in [0.05, 0.1) is 29.3 Å². The molecule has 0 aliphatic rings. The highest BCUT2D eigenvalue weighted by Crippen LogP contribution is 2.25. The van der Waals surface area contributed by atoms with E-state index in [0.717, 1.165) is 21.8 Å². The predicted molar refractivity (Wildman–Crippen MR) is 85.0 cm³/mol. The summed E-state index contributed by atoms with van der Waals surface area (Å²) in [6.07, 6.45) is 0. The van der Waals surface area contributed by atoms with Gasteiger partial charge in [-0.05, 0) is 43.7 Å². The lowest BCUT2D eigenvalue weighted by Gasteiger charge is -2.23. The van der Waals surface area contributed by atoms with Crippen LogP contribution in [0, 0.1) is 6.92 Å². The maximum absolute atomic E-state index is 12.4. The molecule has 21 heavy (non-hydrogen) atoms. The van der Waals surface area contributed by atoms with Crippen molar-refractivity contribution in [1.29, 1.82) is 0 Å². The van der Waals surface area contributed by atoms with Crippen LogP contribution in [0.5, 0.6) is 5.75 Å². The van der Waals surface area contributed by atoms with Crippen molar-refractivity contribution >= 4 is 10.8 Å². The lowest BCUT2D eigenvalue weighted by Crippen LogP contribution is -2.28. The van der Waals surface area contributed by atoms with Gasteiger partial charge in [-0.2, -0.15) is 0 Å². The SMILES string of the molecule is COc1ccc([C@@](C)(O)CS(=O)c2ccc(C)cc2)cc1. The third-order valence-electron chi connectivity index (χ3n) is 3.41. The Hall–Kier alpha value is -1.65. The molecule has 0 amide bonds. The van der Waals surface area contributed by atoms with Gasteiger partial charge in [0.15, 0.2) is 0 Å². The lowest BCUT2D eigenvalue weighted by molar-refractivity contribution is 0.0829. The molecule has 2 aromatic rings. The van der Waals surface area contributed by atoms with Crippen LogP contribution >= 0.6 is 0 Å². The van der Waals surface area contributed by atoms with E-state index >= 15 is 0 Å². The average molecular weight is 304 g/mol.